The molecule has 0 aromatic carbocycles. The molecule has 4 N–H and O–H groups in total. The molecular weight excluding hydrogens is 300 g/mol. The van der Waals surface area contributed by atoms with Gasteiger partial charge in [0.25, 0.3) is 0 Å². The Hall–Kier alpha value is -1.47. The summed E-state index contributed by atoms with van der Waals surface area (Å²) in [5.74, 6) is 0.0123. The number of hydrogen-bond donors (Lipinski definition) is 2. The summed E-state index contributed by atoms with van der Waals surface area (Å²) in [6.07, 6.45) is 1.60. The lowest BCUT2D eigenvalue weighted by Crippen LogP contribution is -2.42. The van der Waals surface area contributed by atoms with E-state index in [4.69, 9.17) is 11.5 Å². The molecule has 1 aliphatic rings. The topological polar surface area (TPSA) is 102 Å². The summed E-state index contributed by atoms with van der Waals surface area (Å²) in [4.78, 5) is 29.7. The minimum absolute atomic E-state index is 0.0536. The Balaban J connectivity index is 1.89. The summed E-state index contributed by atoms with van der Waals surface area (Å²) in [5.41, 5.74) is 12.2. The first-order chi connectivity index (χ1) is 10.4. The molecular formula is C15H24N4O2S. The van der Waals surface area contributed by atoms with E-state index in [9.17, 15) is 9.59 Å². The van der Waals surface area contributed by atoms with Crippen molar-refractivity contribution in [3.63, 3.8) is 0 Å². The minimum Gasteiger partial charge on any atom is -0.369 e. The number of nitrogens with zero attached hydrogens (tertiary/aromatic N) is 2. The van der Waals surface area contributed by atoms with E-state index >= 15 is 0 Å². The van der Waals surface area contributed by atoms with Crippen LogP contribution in [0.4, 0.5) is 0 Å². The number of thiazole rings is 1. The highest BCUT2D eigenvalue weighted by Crippen LogP contribution is 2.23. The predicted molar refractivity (Wildman–Crippen MR) is 86.1 cm³/mol. The lowest BCUT2D eigenvalue weighted by atomic mass is 9.96. The van der Waals surface area contributed by atoms with E-state index in [1.807, 2.05) is 5.38 Å². The molecule has 0 spiro atoms. The van der Waals surface area contributed by atoms with Gasteiger partial charge in [-0.15, -0.1) is 11.3 Å². The second kappa shape index (κ2) is 7.19. The van der Waals surface area contributed by atoms with Crippen molar-refractivity contribution in [3.8, 4) is 0 Å². The molecule has 1 fully saturated rings. The Morgan fingerprint density at radius 1 is 1.41 bits per heavy atom. The fourth-order valence-corrected chi connectivity index (χ4v) is 3.51. The number of likely N-dealkylation sites (tertiary alicyclic amines) is 1. The third kappa shape index (κ3) is 4.04. The number of amides is 2. The maximum Gasteiger partial charge on any atom is 0.228 e. The van der Waals surface area contributed by atoms with Crippen LogP contribution in [0.2, 0.25) is 0 Å². The molecule has 1 atom stereocenters. The molecule has 0 bridgehead atoms. The molecule has 0 aliphatic carbocycles. The highest BCUT2D eigenvalue weighted by molar-refractivity contribution is 7.09. The first kappa shape index (κ1) is 16.9. The second-order valence-corrected chi connectivity index (χ2v) is 7.07. The number of aromatic nitrogens is 1. The van der Waals surface area contributed by atoms with Crippen LogP contribution in [0.15, 0.2) is 5.38 Å². The Bertz CT molecular complexity index is 535. The molecule has 1 aromatic rings. The van der Waals surface area contributed by atoms with Crippen LogP contribution >= 0.6 is 11.3 Å². The summed E-state index contributed by atoms with van der Waals surface area (Å²) < 4.78 is 0. The van der Waals surface area contributed by atoms with E-state index in [1.165, 1.54) is 11.3 Å². The van der Waals surface area contributed by atoms with E-state index in [-0.39, 0.29) is 23.8 Å². The molecule has 1 aromatic heterocycles. The molecule has 2 rings (SSSR count). The second-order valence-electron chi connectivity index (χ2n) is 6.18. The van der Waals surface area contributed by atoms with Crippen molar-refractivity contribution in [2.24, 2.45) is 23.3 Å². The van der Waals surface area contributed by atoms with Crippen LogP contribution in [0.25, 0.3) is 0 Å². The predicted octanol–water partition coefficient (Wildman–Crippen LogP) is 1.07. The summed E-state index contributed by atoms with van der Waals surface area (Å²) in [5, 5.41) is 2.79. The van der Waals surface area contributed by atoms with Gasteiger partial charge in [0.05, 0.1) is 18.2 Å². The first-order valence-corrected chi connectivity index (χ1v) is 8.53. The maximum absolute atomic E-state index is 12.3. The Morgan fingerprint density at radius 2 is 2.05 bits per heavy atom. The molecule has 1 unspecified atom stereocenters. The van der Waals surface area contributed by atoms with Gasteiger partial charge in [-0.3, -0.25) is 9.59 Å². The molecule has 1 aliphatic heterocycles. The molecule has 6 nitrogen and oxygen atoms in total. The highest BCUT2D eigenvalue weighted by Gasteiger charge is 2.26. The van der Waals surface area contributed by atoms with Gasteiger partial charge in [-0.25, -0.2) is 4.98 Å². The van der Waals surface area contributed by atoms with Crippen LogP contribution in [-0.2, 0) is 16.0 Å². The van der Waals surface area contributed by atoms with Crippen molar-refractivity contribution in [1.82, 2.24) is 9.88 Å². The van der Waals surface area contributed by atoms with Crippen molar-refractivity contribution in [1.29, 1.82) is 0 Å². The third-order valence-electron chi connectivity index (χ3n) is 4.16. The normalized spacial score (nSPS) is 17.7. The van der Waals surface area contributed by atoms with Crippen LogP contribution in [0.5, 0.6) is 0 Å². The van der Waals surface area contributed by atoms with Crippen LogP contribution in [0.1, 0.15) is 43.4 Å². The zero-order valence-corrected chi connectivity index (χ0v) is 13.9. The Kier molecular flexibility index (Phi) is 5.52. The van der Waals surface area contributed by atoms with Crippen molar-refractivity contribution < 1.29 is 9.59 Å². The molecule has 122 valence electrons. The average molecular weight is 324 g/mol. The van der Waals surface area contributed by atoms with E-state index in [2.05, 4.69) is 18.8 Å². The van der Waals surface area contributed by atoms with E-state index in [1.54, 1.807) is 4.90 Å². The minimum atomic E-state index is -0.265. The Morgan fingerprint density at radius 3 is 2.59 bits per heavy atom. The van der Waals surface area contributed by atoms with Crippen molar-refractivity contribution in [3.05, 3.63) is 16.1 Å². The first-order valence-electron chi connectivity index (χ1n) is 7.65. The maximum atomic E-state index is 12.3. The van der Waals surface area contributed by atoms with E-state index < -0.39 is 0 Å². The third-order valence-corrected chi connectivity index (χ3v) is 5.15. The fraction of sp³-hybridized carbons (Fsp3) is 0.667. The number of carbonyl (C=O) groups excluding carboxylic acids is 2. The summed E-state index contributed by atoms with van der Waals surface area (Å²) in [7, 11) is 0. The molecule has 7 heteroatoms. The highest BCUT2D eigenvalue weighted by atomic mass is 32.1. The van der Waals surface area contributed by atoms with Gasteiger partial charge >= 0.3 is 0 Å². The molecule has 0 radical (unpaired) electrons. The average Bonchev–Trinajstić information content (AvgIpc) is 2.94. The van der Waals surface area contributed by atoms with E-state index in [0.717, 1.165) is 10.7 Å². The van der Waals surface area contributed by atoms with Crippen LogP contribution < -0.4 is 11.5 Å². The Labute approximate surface area is 134 Å². The smallest absolute Gasteiger partial charge is 0.228 e. The monoisotopic (exact) mass is 324 g/mol. The van der Waals surface area contributed by atoms with Gasteiger partial charge in [0.2, 0.25) is 11.8 Å². The zero-order valence-electron chi connectivity index (χ0n) is 13.1. The number of piperidine rings is 1. The van der Waals surface area contributed by atoms with Crippen molar-refractivity contribution >= 4 is 23.2 Å². The fourth-order valence-electron chi connectivity index (χ4n) is 2.52. The summed E-state index contributed by atoms with van der Waals surface area (Å²) in [6, 6.07) is -0.0832. The van der Waals surface area contributed by atoms with Gasteiger partial charge in [0.15, 0.2) is 0 Å². The van der Waals surface area contributed by atoms with Gasteiger partial charge in [-0.2, -0.15) is 0 Å². The molecule has 22 heavy (non-hydrogen) atoms. The number of primary amides is 1. The number of rotatable bonds is 5. The molecule has 2 amide bonds. The van der Waals surface area contributed by atoms with Crippen LogP contribution in [0.3, 0.4) is 0 Å². The van der Waals surface area contributed by atoms with Gasteiger partial charge in [0.1, 0.15) is 5.01 Å². The van der Waals surface area contributed by atoms with Crippen LogP contribution in [-0.4, -0.2) is 34.8 Å². The summed E-state index contributed by atoms with van der Waals surface area (Å²) >= 11 is 1.51. The van der Waals surface area contributed by atoms with Gasteiger partial charge < -0.3 is 16.4 Å². The van der Waals surface area contributed by atoms with Crippen LogP contribution in [0, 0.1) is 11.8 Å². The lowest BCUT2D eigenvalue weighted by Gasteiger charge is -2.30. The van der Waals surface area contributed by atoms with E-state index in [0.29, 0.717) is 38.3 Å². The molecule has 0 saturated carbocycles. The lowest BCUT2D eigenvalue weighted by molar-refractivity contribution is -0.134. The van der Waals surface area contributed by atoms with Gasteiger partial charge in [-0.05, 0) is 18.8 Å². The standard InChI is InChI=1S/C15H24N4O2S/c1-9(2)13(16)15-18-11(8-22-15)7-12(20)19-5-3-10(4-6-19)14(17)21/h8-10,13H,3-7,16H2,1-2H3,(H2,17,21). The number of hydrogen-bond acceptors (Lipinski definition) is 5. The SMILES string of the molecule is CC(C)C(N)c1nc(CC(=O)N2CCC(C(N)=O)CC2)cs1. The van der Waals surface area contributed by atoms with Gasteiger partial charge in [0, 0.05) is 24.4 Å². The largest absolute Gasteiger partial charge is 0.369 e. The number of nitrogens with two attached hydrogens (primary N) is 2. The zero-order chi connectivity index (χ0) is 16.3. The van der Waals surface area contributed by atoms with Crippen molar-refractivity contribution in [2.45, 2.75) is 39.2 Å². The van der Waals surface area contributed by atoms with Gasteiger partial charge in [-0.1, -0.05) is 13.8 Å². The number of carbonyl (C=O) groups is 2. The molecule has 2 heterocycles. The molecule has 1 saturated heterocycles. The van der Waals surface area contributed by atoms with Crippen molar-refractivity contribution in [2.75, 3.05) is 13.1 Å². The summed E-state index contributed by atoms with van der Waals surface area (Å²) in [6.45, 7) is 5.30. The quantitative estimate of drug-likeness (QED) is 0.845.